The molecule has 0 radical (unpaired) electrons. The van der Waals surface area contributed by atoms with E-state index in [1.54, 1.807) is 0 Å². The highest BCUT2D eigenvalue weighted by molar-refractivity contribution is 8.18. The highest BCUT2D eigenvalue weighted by atomic mass is 32.4. The number of hydrogen-bond acceptors (Lipinski definition) is 2. The molecule has 0 saturated heterocycles. The molecule has 1 aromatic carbocycles. The third-order valence-electron chi connectivity index (χ3n) is 3.57. The first kappa shape index (κ1) is 16.4. The molecule has 2 aromatic rings. The zero-order valence-electron chi connectivity index (χ0n) is 13.1. The van der Waals surface area contributed by atoms with Gasteiger partial charge in [-0.15, -0.1) is 0 Å². The molecule has 0 aliphatic carbocycles. The van der Waals surface area contributed by atoms with E-state index in [2.05, 4.69) is 62.0 Å². The molecule has 1 heterocycles. The molecule has 2 atom stereocenters. The molecule has 0 spiro atoms. The Bertz CT molecular complexity index is 620. The van der Waals surface area contributed by atoms with Crippen LogP contribution in [0.15, 0.2) is 54.7 Å². The van der Waals surface area contributed by atoms with Crippen molar-refractivity contribution in [3.63, 3.8) is 0 Å². The lowest BCUT2D eigenvalue weighted by atomic mass is 10.2. The summed E-state index contributed by atoms with van der Waals surface area (Å²) >= 11 is 6.15. The largest absolute Gasteiger partial charge is 0.276 e. The van der Waals surface area contributed by atoms with Gasteiger partial charge in [0.15, 0.2) is 0 Å². The molecule has 2 rings (SSSR count). The third-order valence-corrected chi connectivity index (χ3v) is 9.83. The van der Waals surface area contributed by atoms with Crippen LogP contribution in [0.25, 0.3) is 0 Å². The van der Waals surface area contributed by atoms with Crippen molar-refractivity contribution < 1.29 is 0 Å². The van der Waals surface area contributed by atoms with Gasteiger partial charge in [-0.05, 0) is 24.4 Å². The molecule has 0 aliphatic heterocycles. The summed E-state index contributed by atoms with van der Waals surface area (Å²) in [6.45, 7) is 8.80. The molecule has 112 valence electrons. The second kappa shape index (κ2) is 6.39. The van der Waals surface area contributed by atoms with Crippen molar-refractivity contribution >= 4 is 23.3 Å². The van der Waals surface area contributed by atoms with Crippen molar-refractivity contribution in [2.75, 3.05) is 0 Å². The highest BCUT2D eigenvalue weighted by Crippen LogP contribution is 2.54. The molecule has 21 heavy (non-hydrogen) atoms. The molecule has 2 unspecified atom stereocenters. The third kappa shape index (κ3) is 3.60. The summed E-state index contributed by atoms with van der Waals surface area (Å²) < 4.78 is 0. The lowest BCUT2D eigenvalue weighted by molar-refractivity contribution is 0.686. The number of nitrogens with one attached hydrogen (secondary N) is 1. The molecule has 1 aromatic heterocycles. The Balaban J connectivity index is 2.37. The van der Waals surface area contributed by atoms with E-state index >= 15 is 0 Å². The van der Waals surface area contributed by atoms with Gasteiger partial charge in [-0.3, -0.25) is 10.1 Å². The summed E-state index contributed by atoms with van der Waals surface area (Å²) in [6.07, 6.45) is -0.104. The van der Waals surface area contributed by atoms with Crippen LogP contribution in [0.1, 0.15) is 39.4 Å². The van der Waals surface area contributed by atoms with E-state index in [-0.39, 0.29) is 11.2 Å². The van der Waals surface area contributed by atoms with Crippen LogP contribution >= 0.6 is 6.19 Å². The Morgan fingerprint density at radius 3 is 2.19 bits per heavy atom. The zero-order chi connectivity index (χ0) is 15.5. The van der Waals surface area contributed by atoms with Crippen molar-refractivity contribution in [1.82, 2.24) is 10.1 Å². The summed E-state index contributed by atoms with van der Waals surface area (Å²) in [7, 11) is 0. The van der Waals surface area contributed by atoms with Gasteiger partial charge in [0, 0.05) is 17.5 Å². The van der Waals surface area contributed by atoms with Gasteiger partial charge in [-0.2, -0.15) is 0 Å². The first-order valence-corrected chi connectivity index (χ1v) is 9.99. The molecule has 0 aliphatic rings. The summed E-state index contributed by atoms with van der Waals surface area (Å²) in [6, 6.07) is 16.6. The van der Waals surface area contributed by atoms with E-state index in [0.29, 0.717) is 0 Å². The molecular weight excluding hydrogens is 295 g/mol. The van der Waals surface area contributed by atoms with Crippen molar-refractivity contribution in [2.24, 2.45) is 0 Å². The average molecular weight is 318 g/mol. The number of benzene rings is 1. The molecule has 0 bridgehead atoms. The Morgan fingerprint density at radius 1 is 1.05 bits per heavy atom. The van der Waals surface area contributed by atoms with Crippen LogP contribution in [0.4, 0.5) is 0 Å². The summed E-state index contributed by atoms with van der Waals surface area (Å²) in [4.78, 5) is 4.45. The van der Waals surface area contributed by atoms with E-state index in [0.717, 1.165) is 5.69 Å². The second-order valence-electron chi connectivity index (χ2n) is 6.22. The van der Waals surface area contributed by atoms with Gasteiger partial charge in [0.25, 0.3) is 0 Å². The van der Waals surface area contributed by atoms with E-state index in [1.807, 2.05) is 30.5 Å². The normalized spacial score (nSPS) is 16.2. The van der Waals surface area contributed by atoms with E-state index in [9.17, 15) is 0 Å². The van der Waals surface area contributed by atoms with Crippen molar-refractivity contribution in [1.29, 1.82) is 0 Å². The maximum atomic E-state index is 6.15. The van der Waals surface area contributed by atoms with Crippen LogP contribution in [-0.2, 0) is 11.8 Å². The molecule has 0 amide bonds. The van der Waals surface area contributed by atoms with Crippen LogP contribution in [0.3, 0.4) is 0 Å². The molecule has 4 heteroatoms. The minimum Gasteiger partial charge on any atom is -0.276 e. The standard InChI is InChI=1S/C17H23N2PS/c1-14(16-12-8-9-13-18-16)19-20(21,17(2,3)4)15-10-6-5-7-11-15/h5-14H,1-4H3,(H,19,21). The SMILES string of the molecule is CC(NP(=S)(c1ccccc1)C(C)(C)C)c1ccccn1. The number of pyridine rings is 1. The van der Waals surface area contributed by atoms with Crippen LogP contribution in [0, 0.1) is 0 Å². The number of nitrogens with zero attached hydrogens (tertiary/aromatic N) is 1. The lowest BCUT2D eigenvalue weighted by Gasteiger charge is -2.38. The molecular formula is C17H23N2PS. The van der Waals surface area contributed by atoms with Crippen LogP contribution in [0.5, 0.6) is 0 Å². The maximum Gasteiger partial charge on any atom is 0.0573 e. The molecule has 2 nitrogen and oxygen atoms in total. The van der Waals surface area contributed by atoms with Crippen molar-refractivity contribution in [3.05, 3.63) is 60.4 Å². The minimum atomic E-state index is -1.93. The number of rotatable bonds is 4. The van der Waals surface area contributed by atoms with Gasteiger partial charge in [-0.1, -0.05) is 69.0 Å². The topological polar surface area (TPSA) is 24.9 Å². The number of aromatic nitrogens is 1. The smallest absolute Gasteiger partial charge is 0.0573 e. The monoisotopic (exact) mass is 318 g/mol. The van der Waals surface area contributed by atoms with Crippen LogP contribution < -0.4 is 10.4 Å². The number of hydrogen-bond donors (Lipinski definition) is 1. The summed E-state index contributed by atoms with van der Waals surface area (Å²) in [5.41, 5.74) is 1.03. The molecule has 0 saturated carbocycles. The maximum absolute atomic E-state index is 6.15. The fourth-order valence-corrected chi connectivity index (χ4v) is 5.68. The predicted molar refractivity (Wildman–Crippen MR) is 95.9 cm³/mol. The quantitative estimate of drug-likeness (QED) is 0.853. The molecule has 0 fully saturated rings. The first-order valence-electron chi connectivity index (χ1n) is 7.19. The first-order chi connectivity index (χ1) is 9.84. The Hall–Kier alpha value is -1.02. The van der Waals surface area contributed by atoms with Gasteiger partial charge in [0.2, 0.25) is 0 Å². The minimum absolute atomic E-state index is 0.00667. The predicted octanol–water partition coefficient (Wildman–Crippen LogP) is 4.25. The van der Waals surface area contributed by atoms with Crippen LogP contribution in [-0.4, -0.2) is 10.1 Å². The second-order valence-corrected chi connectivity index (χ2v) is 11.2. The van der Waals surface area contributed by atoms with Gasteiger partial charge in [-0.25, -0.2) is 0 Å². The van der Waals surface area contributed by atoms with Gasteiger partial charge in [0.1, 0.15) is 0 Å². The van der Waals surface area contributed by atoms with Crippen molar-refractivity contribution in [3.8, 4) is 0 Å². The van der Waals surface area contributed by atoms with Crippen molar-refractivity contribution in [2.45, 2.75) is 38.9 Å². The van der Waals surface area contributed by atoms with Gasteiger partial charge < -0.3 is 0 Å². The van der Waals surface area contributed by atoms with Crippen LogP contribution in [0.2, 0.25) is 0 Å². The zero-order valence-corrected chi connectivity index (χ0v) is 14.8. The summed E-state index contributed by atoms with van der Waals surface area (Å²) in [5.74, 6) is 0. The molecule has 1 N–H and O–H groups in total. The highest BCUT2D eigenvalue weighted by Gasteiger charge is 2.34. The van der Waals surface area contributed by atoms with E-state index in [4.69, 9.17) is 11.8 Å². The average Bonchev–Trinajstić information content (AvgIpc) is 2.47. The summed E-state index contributed by atoms with van der Waals surface area (Å²) in [5, 5.41) is 4.97. The Kier molecular flexibility index (Phi) is 4.98. The fraction of sp³-hybridized carbons (Fsp3) is 0.353. The van der Waals surface area contributed by atoms with E-state index in [1.165, 1.54) is 5.30 Å². The lowest BCUT2D eigenvalue weighted by Crippen LogP contribution is -2.34. The Labute approximate surface area is 133 Å². The van der Waals surface area contributed by atoms with E-state index < -0.39 is 6.19 Å². The fourth-order valence-electron chi connectivity index (χ4n) is 2.26. The van der Waals surface area contributed by atoms with Gasteiger partial charge >= 0.3 is 0 Å². The Morgan fingerprint density at radius 2 is 1.67 bits per heavy atom. The van der Waals surface area contributed by atoms with Gasteiger partial charge in [0.05, 0.1) is 11.7 Å².